The highest BCUT2D eigenvalue weighted by atomic mass is 32.1. The summed E-state index contributed by atoms with van der Waals surface area (Å²) in [5.74, 6) is -2.23. The van der Waals surface area contributed by atoms with Crippen molar-refractivity contribution in [2.24, 2.45) is 5.92 Å². The highest BCUT2D eigenvalue weighted by molar-refractivity contribution is 7.80. The van der Waals surface area contributed by atoms with Crippen molar-refractivity contribution in [2.75, 3.05) is 20.3 Å². The van der Waals surface area contributed by atoms with Gasteiger partial charge in [-0.2, -0.15) is 5.26 Å². The number of nitriles is 1. The Morgan fingerprint density at radius 1 is 1.38 bits per heavy atom. The molecular weight excluding hydrogens is 290 g/mol. The van der Waals surface area contributed by atoms with Crippen LogP contribution in [-0.2, 0) is 9.53 Å². The smallest absolute Gasteiger partial charge is 0.256 e. The lowest BCUT2D eigenvalue weighted by molar-refractivity contribution is -0.121. The lowest BCUT2D eigenvalue weighted by Crippen LogP contribution is -2.42. The molecular formula is C14H15N3O3S. The first-order chi connectivity index (χ1) is 10.1. The minimum absolute atomic E-state index is 0.124. The summed E-state index contributed by atoms with van der Waals surface area (Å²) >= 11 is 4.96. The summed E-state index contributed by atoms with van der Waals surface area (Å²) < 4.78 is 4.79. The quantitative estimate of drug-likeness (QED) is 0.595. The van der Waals surface area contributed by atoms with Crippen molar-refractivity contribution >= 4 is 29.0 Å². The summed E-state index contributed by atoms with van der Waals surface area (Å²) in [4.78, 5) is 23.6. The van der Waals surface area contributed by atoms with Gasteiger partial charge in [-0.1, -0.05) is 30.4 Å². The van der Waals surface area contributed by atoms with Crippen molar-refractivity contribution < 1.29 is 14.3 Å². The van der Waals surface area contributed by atoms with Gasteiger partial charge in [-0.25, -0.2) is 0 Å². The molecule has 1 aromatic rings. The maximum atomic E-state index is 11.9. The van der Waals surface area contributed by atoms with Crippen molar-refractivity contribution in [2.45, 2.75) is 0 Å². The monoisotopic (exact) mass is 305 g/mol. The summed E-state index contributed by atoms with van der Waals surface area (Å²) in [5.41, 5.74) is 0.399. The fourth-order valence-electron chi connectivity index (χ4n) is 1.46. The molecule has 1 aromatic carbocycles. The molecule has 2 amide bonds. The number of methoxy groups -OCH3 is 1. The Morgan fingerprint density at radius 3 is 2.62 bits per heavy atom. The van der Waals surface area contributed by atoms with Crippen LogP contribution in [-0.4, -0.2) is 37.1 Å². The van der Waals surface area contributed by atoms with E-state index in [0.29, 0.717) is 12.2 Å². The van der Waals surface area contributed by atoms with Crippen LogP contribution in [0.5, 0.6) is 0 Å². The Balaban J connectivity index is 2.61. The van der Waals surface area contributed by atoms with Gasteiger partial charge in [0, 0.05) is 19.2 Å². The summed E-state index contributed by atoms with van der Waals surface area (Å²) in [7, 11) is 1.50. The molecule has 0 aliphatic heterocycles. The van der Waals surface area contributed by atoms with E-state index in [1.165, 1.54) is 7.11 Å². The molecule has 0 aliphatic carbocycles. The van der Waals surface area contributed by atoms with Crippen LogP contribution in [0.3, 0.4) is 0 Å². The number of hydrogen-bond acceptors (Lipinski definition) is 5. The Labute approximate surface area is 128 Å². The van der Waals surface area contributed by atoms with Crippen molar-refractivity contribution in [1.29, 1.82) is 5.26 Å². The van der Waals surface area contributed by atoms with E-state index in [-0.39, 0.29) is 11.5 Å². The van der Waals surface area contributed by atoms with Crippen molar-refractivity contribution in [3.63, 3.8) is 0 Å². The second-order valence-electron chi connectivity index (χ2n) is 4.03. The first-order valence-corrected chi connectivity index (χ1v) is 6.57. The molecule has 2 N–H and O–H groups in total. The Bertz CT molecular complexity index is 554. The molecule has 0 saturated heterocycles. The van der Waals surface area contributed by atoms with E-state index in [0.717, 1.165) is 0 Å². The van der Waals surface area contributed by atoms with Crippen LogP contribution in [0.15, 0.2) is 30.3 Å². The van der Waals surface area contributed by atoms with E-state index < -0.39 is 17.7 Å². The van der Waals surface area contributed by atoms with Crippen LogP contribution in [0, 0.1) is 17.2 Å². The highest BCUT2D eigenvalue weighted by Crippen LogP contribution is 2.02. The van der Waals surface area contributed by atoms with Crippen molar-refractivity contribution in [1.82, 2.24) is 10.6 Å². The van der Waals surface area contributed by atoms with E-state index >= 15 is 0 Å². The van der Waals surface area contributed by atoms with Gasteiger partial charge in [-0.3, -0.25) is 9.59 Å². The highest BCUT2D eigenvalue weighted by Gasteiger charge is 2.24. The first-order valence-electron chi connectivity index (χ1n) is 6.16. The summed E-state index contributed by atoms with van der Waals surface area (Å²) in [5, 5.41) is 13.9. The van der Waals surface area contributed by atoms with Crippen molar-refractivity contribution in [3.8, 4) is 6.07 Å². The minimum atomic E-state index is -1.22. The normalized spacial score (nSPS) is 11.0. The zero-order valence-electron chi connectivity index (χ0n) is 11.5. The molecule has 0 spiro atoms. The van der Waals surface area contributed by atoms with E-state index in [1.807, 2.05) is 0 Å². The number of benzene rings is 1. The molecule has 6 nitrogen and oxygen atoms in total. The molecule has 21 heavy (non-hydrogen) atoms. The second-order valence-corrected chi connectivity index (χ2v) is 4.47. The lowest BCUT2D eigenvalue weighted by Gasteiger charge is -2.12. The first kappa shape index (κ1) is 16.8. The molecule has 1 rings (SSSR count). The third-order valence-electron chi connectivity index (χ3n) is 2.53. The summed E-state index contributed by atoms with van der Waals surface area (Å²) in [6.07, 6.45) is 0. The van der Waals surface area contributed by atoms with Gasteiger partial charge >= 0.3 is 0 Å². The summed E-state index contributed by atoms with van der Waals surface area (Å²) in [6, 6.07) is 10.2. The minimum Gasteiger partial charge on any atom is -0.383 e. The SMILES string of the molecule is COCCNC(=O)C(C#N)C(=S)NC(=O)c1ccccc1. The molecule has 1 unspecified atom stereocenters. The number of carbonyl (C=O) groups is 2. The van der Waals surface area contributed by atoms with Crippen LogP contribution < -0.4 is 10.6 Å². The molecule has 7 heteroatoms. The average Bonchev–Trinajstić information content (AvgIpc) is 2.49. The zero-order chi connectivity index (χ0) is 15.7. The Kier molecular flexibility index (Phi) is 7.01. The van der Waals surface area contributed by atoms with Crippen LogP contribution in [0.25, 0.3) is 0 Å². The predicted octanol–water partition coefficient (Wildman–Crippen LogP) is 0.646. The second kappa shape index (κ2) is 8.79. The van der Waals surface area contributed by atoms with Gasteiger partial charge in [-0.15, -0.1) is 0 Å². The maximum absolute atomic E-state index is 11.9. The van der Waals surface area contributed by atoms with Crippen LogP contribution in [0.2, 0.25) is 0 Å². The molecule has 0 aromatic heterocycles. The average molecular weight is 305 g/mol. The number of amides is 2. The third-order valence-corrected chi connectivity index (χ3v) is 2.87. The van der Waals surface area contributed by atoms with Crippen LogP contribution in [0.4, 0.5) is 0 Å². The molecule has 110 valence electrons. The number of carbonyl (C=O) groups excluding carboxylic acids is 2. The standard InChI is InChI=1S/C14H15N3O3S/c1-20-8-7-16-13(19)11(9-15)14(21)17-12(18)10-5-3-2-4-6-10/h2-6,11H,7-8H2,1H3,(H,16,19)(H,17,18,21). The van der Waals surface area contributed by atoms with Gasteiger partial charge in [0.15, 0.2) is 5.92 Å². The van der Waals surface area contributed by atoms with Gasteiger partial charge in [0.05, 0.1) is 12.7 Å². The maximum Gasteiger partial charge on any atom is 0.256 e. The third kappa shape index (κ3) is 5.30. The van der Waals surface area contributed by atoms with E-state index in [1.54, 1.807) is 36.4 Å². The molecule has 0 aliphatic rings. The van der Waals surface area contributed by atoms with Gasteiger partial charge < -0.3 is 15.4 Å². The number of ether oxygens (including phenoxy) is 1. The van der Waals surface area contributed by atoms with Gasteiger partial charge in [0.25, 0.3) is 5.91 Å². The largest absolute Gasteiger partial charge is 0.383 e. The van der Waals surface area contributed by atoms with Gasteiger partial charge in [0.2, 0.25) is 5.91 Å². The molecule has 0 saturated carbocycles. The Morgan fingerprint density at radius 2 is 2.05 bits per heavy atom. The van der Waals surface area contributed by atoms with Gasteiger partial charge in [0.1, 0.15) is 4.99 Å². The van der Waals surface area contributed by atoms with E-state index in [9.17, 15) is 9.59 Å². The van der Waals surface area contributed by atoms with Crippen LogP contribution in [0.1, 0.15) is 10.4 Å². The fourth-order valence-corrected chi connectivity index (χ4v) is 1.71. The number of rotatable bonds is 6. The molecule has 0 fully saturated rings. The number of hydrogen-bond donors (Lipinski definition) is 2. The number of nitrogens with zero attached hydrogens (tertiary/aromatic N) is 1. The molecule has 0 heterocycles. The van der Waals surface area contributed by atoms with Gasteiger partial charge in [-0.05, 0) is 12.1 Å². The number of nitrogens with one attached hydrogen (secondary N) is 2. The summed E-state index contributed by atoms with van der Waals surface area (Å²) in [6.45, 7) is 0.593. The topological polar surface area (TPSA) is 91.2 Å². The Hall–Kier alpha value is -2.30. The van der Waals surface area contributed by atoms with E-state index in [4.69, 9.17) is 22.2 Å². The molecule has 1 atom stereocenters. The molecule has 0 radical (unpaired) electrons. The predicted molar refractivity (Wildman–Crippen MR) is 80.5 cm³/mol. The van der Waals surface area contributed by atoms with E-state index in [2.05, 4.69) is 10.6 Å². The zero-order valence-corrected chi connectivity index (χ0v) is 12.3. The van der Waals surface area contributed by atoms with Crippen LogP contribution >= 0.6 is 12.2 Å². The lowest BCUT2D eigenvalue weighted by atomic mass is 10.1. The van der Waals surface area contributed by atoms with Crippen molar-refractivity contribution in [3.05, 3.63) is 35.9 Å². The molecule has 0 bridgehead atoms. The number of thiocarbonyl (C=S) groups is 1. The fraction of sp³-hybridized carbons (Fsp3) is 0.286.